The Bertz CT molecular complexity index is 187. The van der Waals surface area contributed by atoms with E-state index in [1.54, 1.807) is 0 Å². The van der Waals surface area contributed by atoms with Crippen molar-refractivity contribution in [2.45, 2.75) is 26.2 Å². The van der Waals surface area contributed by atoms with E-state index in [0.29, 0.717) is 5.41 Å². The van der Waals surface area contributed by atoms with Crippen LogP contribution in [-0.4, -0.2) is 0 Å². The van der Waals surface area contributed by atoms with E-state index in [9.17, 15) is 0 Å². The average Bonchev–Trinajstić information content (AvgIpc) is 2.36. The van der Waals surface area contributed by atoms with Gasteiger partial charge in [-0.15, -0.1) is 0 Å². The van der Waals surface area contributed by atoms with Gasteiger partial charge in [0.2, 0.25) is 0 Å². The topological polar surface area (TPSA) is 0 Å². The molecule has 0 aromatic heterocycles. The van der Waals surface area contributed by atoms with E-state index >= 15 is 0 Å². The fraction of sp³-hybridized carbons (Fsp3) is 0.400. The predicted octanol–water partition coefficient (Wildman–Crippen LogP) is 4.53. The standard InChI is InChI=1S/C9H13.CH3.2ClH.Ti/c1-9(2,3)8-6-4-5-7-8;;;;/h4-7H,1-3H3;1H3;2*1H;/q2*-1;;;+2/p-2. The molecule has 0 saturated carbocycles. The molecule has 76 valence electrons. The van der Waals surface area contributed by atoms with Gasteiger partial charge in [-0.1, -0.05) is 20.8 Å². The summed E-state index contributed by atoms with van der Waals surface area (Å²) in [7, 11) is 9.78. The van der Waals surface area contributed by atoms with Crippen molar-refractivity contribution in [3.8, 4) is 0 Å². The molecule has 0 aliphatic heterocycles. The number of hydrogen-bond donors (Lipinski definition) is 0. The summed E-state index contributed by atoms with van der Waals surface area (Å²) in [4.78, 5) is 0. The summed E-state index contributed by atoms with van der Waals surface area (Å²) in [5.41, 5.74) is 1.74. The molecule has 0 aliphatic carbocycles. The molecule has 0 amide bonds. The van der Waals surface area contributed by atoms with Crippen molar-refractivity contribution in [1.82, 2.24) is 0 Å². The molecule has 1 aromatic carbocycles. The molecule has 0 nitrogen and oxygen atoms in total. The third-order valence-corrected chi connectivity index (χ3v) is 1.53. The molecular formula is C10H16Cl2Ti-2. The molecule has 0 spiro atoms. The van der Waals surface area contributed by atoms with Crippen LogP contribution in [0.3, 0.4) is 0 Å². The fourth-order valence-electron chi connectivity index (χ4n) is 0.874. The van der Waals surface area contributed by atoms with Crippen LogP contribution in [0.4, 0.5) is 0 Å². The molecule has 0 saturated heterocycles. The zero-order chi connectivity index (χ0) is 9.61. The Hall–Kier alpha value is 0.644. The molecule has 0 N–H and O–H groups in total. The van der Waals surface area contributed by atoms with Crippen LogP contribution in [0.15, 0.2) is 24.3 Å². The van der Waals surface area contributed by atoms with Gasteiger partial charge in [0.1, 0.15) is 0 Å². The Morgan fingerprint density at radius 3 is 1.92 bits per heavy atom. The van der Waals surface area contributed by atoms with Gasteiger partial charge in [0, 0.05) is 0 Å². The molecule has 1 rings (SSSR count). The molecule has 1 aromatic rings. The first-order valence-electron chi connectivity index (χ1n) is 3.71. The molecule has 0 bridgehead atoms. The summed E-state index contributed by atoms with van der Waals surface area (Å²) in [5.74, 6) is 0. The van der Waals surface area contributed by atoms with Gasteiger partial charge < -0.3 is 7.43 Å². The molecule has 0 heterocycles. The Morgan fingerprint density at radius 2 is 1.77 bits per heavy atom. The van der Waals surface area contributed by atoms with Gasteiger partial charge in [0.15, 0.2) is 0 Å². The Kier molecular flexibility index (Phi) is 9.89. The number of hydrogen-bond acceptors (Lipinski definition) is 0. The fourth-order valence-corrected chi connectivity index (χ4v) is 0.874. The summed E-state index contributed by atoms with van der Waals surface area (Å²) < 4.78 is 0. The predicted molar refractivity (Wildman–Crippen MR) is 58.9 cm³/mol. The molecule has 0 aliphatic rings. The maximum atomic E-state index is 4.89. The second kappa shape index (κ2) is 7.99. The van der Waals surface area contributed by atoms with Gasteiger partial charge in [-0.3, -0.25) is 0 Å². The number of halogens is 2. The van der Waals surface area contributed by atoms with E-state index in [4.69, 9.17) is 18.6 Å². The summed E-state index contributed by atoms with van der Waals surface area (Å²) in [5, 5.41) is 0. The van der Waals surface area contributed by atoms with Gasteiger partial charge in [-0.25, -0.2) is 12.1 Å². The van der Waals surface area contributed by atoms with Crippen LogP contribution in [0.1, 0.15) is 26.3 Å². The molecular weight excluding hydrogens is 239 g/mol. The zero-order valence-corrected chi connectivity index (χ0v) is 11.6. The van der Waals surface area contributed by atoms with E-state index in [1.807, 2.05) is 0 Å². The molecule has 0 atom stereocenters. The normalized spacial score (nSPS) is 9.31. The first kappa shape index (κ1) is 16.1. The van der Waals surface area contributed by atoms with Crippen LogP contribution >= 0.6 is 18.6 Å². The molecule has 0 unspecified atom stereocenters. The summed E-state index contributed by atoms with van der Waals surface area (Å²) in [6.45, 7) is 6.67. The third-order valence-electron chi connectivity index (χ3n) is 1.53. The summed E-state index contributed by atoms with van der Waals surface area (Å²) in [6, 6.07) is 8.50. The second-order valence-corrected chi connectivity index (χ2v) is 6.07. The van der Waals surface area contributed by atoms with E-state index in [0.717, 1.165) is 0 Å². The zero-order valence-electron chi connectivity index (χ0n) is 8.57. The monoisotopic (exact) mass is 254 g/mol. The second-order valence-electron chi connectivity index (χ2n) is 3.50. The van der Waals surface area contributed by atoms with E-state index in [1.165, 1.54) is 5.56 Å². The quantitative estimate of drug-likeness (QED) is 0.472. The molecule has 0 fully saturated rings. The first-order valence-corrected chi connectivity index (χ1v) is 8.00. The van der Waals surface area contributed by atoms with Gasteiger partial charge in [0.05, 0.1) is 0 Å². The van der Waals surface area contributed by atoms with Crippen molar-refractivity contribution in [2.75, 3.05) is 0 Å². The molecule has 3 heteroatoms. The maximum absolute atomic E-state index is 4.89. The van der Waals surface area contributed by atoms with Crippen molar-refractivity contribution in [1.29, 1.82) is 0 Å². The number of rotatable bonds is 0. The minimum absolute atomic E-state index is 0. The van der Waals surface area contributed by atoms with Crippen molar-refractivity contribution in [3.05, 3.63) is 37.3 Å². The van der Waals surface area contributed by atoms with Crippen LogP contribution in [0.2, 0.25) is 0 Å². The van der Waals surface area contributed by atoms with Crippen molar-refractivity contribution in [2.24, 2.45) is 0 Å². The van der Waals surface area contributed by atoms with Crippen molar-refractivity contribution >= 4 is 18.6 Å². The van der Waals surface area contributed by atoms with Crippen LogP contribution in [0.25, 0.3) is 0 Å². The van der Waals surface area contributed by atoms with Crippen molar-refractivity contribution in [3.63, 3.8) is 0 Å². The first-order chi connectivity index (χ1) is 5.52. The Morgan fingerprint density at radius 1 is 1.31 bits per heavy atom. The van der Waals surface area contributed by atoms with Gasteiger partial charge in [-0.05, 0) is 5.41 Å². The third kappa shape index (κ3) is 7.70. The van der Waals surface area contributed by atoms with Gasteiger partial charge >= 0.3 is 35.6 Å². The summed E-state index contributed by atoms with van der Waals surface area (Å²) in [6.07, 6.45) is 0. The van der Waals surface area contributed by atoms with Crippen molar-refractivity contribution < 1.29 is 17.0 Å². The molecule has 0 radical (unpaired) electrons. The Balaban J connectivity index is 0. The summed E-state index contributed by atoms with van der Waals surface area (Å²) >= 11 is -0.556. The average molecular weight is 255 g/mol. The van der Waals surface area contributed by atoms with E-state index in [2.05, 4.69) is 45.0 Å². The molecule has 13 heavy (non-hydrogen) atoms. The minimum atomic E-state index is -0.556. The van der Waals surface area contributed by atoms with E-state index in [-0.39, 0.29) is 7.43 Å². The van der Waals surface area contributed by atoms with E-state index < -0.39 is 17.0 Å². The SMILES string of the molecule is CC(C)(C)c1ccc[cH-]1.[CH3-].[Cl][Ti][Cl]. The van der Waals surface area contributed by atoms with Gasteiger partial charge in [-0.2, -0.15) is 17.7 Å². The Labute approximate surface area is 98.7 Å². The van der Waals surface area contributed by atoms with Gasteiger partial charge in [0.25, 0.3) is 0 Å². The van der Waals surface area contributed by atoms with Crippen LogP contribution < -0.4 is 0 Å². The van der Waals surface area contributed by atoms with Crippen LogP contribution in [0.5, 0.6) is 0 Å². The van der Waals surface area contributed by atoms with Crippen LogP contribution in [-0.2, 0) is 22.4 Å². The van der Waals surface area contributed by atoms with Crippen LogP contribution in [0, 0.1) is 7.43 Å².